The maximum absolute atomic E-state index is 12.8. The highest BCUT2D eigenvalue weighted by Crippen LogP contribution is 2.59. The number of piperidine rings is 1. The van der Waals surface area contributed by atoms with Gasteiger partial charge in [-0.3, -0.25) is 0 Å². The molecule has 0 aromatic heterocycles. The van der Waals surface area contributed by atoms with Gasteiger partial charge in [-0.2, -0.15) is 0 Å². The summed E-state index contributed by atoms with van der Waals surface area (Å²) in [6.45, 7) is 2.89. The minimum absolute atomic E-state index is 0.0186. The number of rotatable bonds is 4. The van der Waals surface area contributed by atoms with Crippen molar-refractivity contribution in [3.8, 4) is 5.75 Å². The fourth-order valence-corrected chi connectivity index (χ4v) is 6.44. The highest BCUT2D eigenvalue weighted by Gasteiger charge is 2.64. The van der Waals surface area contributed by atoms with Crippen LogP contribution in [0.4, 0.5) is 0 Å². The van der Waals surface area contributed by atoms with E-state index in [2.05, 4.69) is 24.9 Å². The average molecular weight is 450 g/mol. The average Bonchev–Trinajstić information content (AvgIpc) is 2.82. The highest BCUT2D eigenvalue weighted by atomic mass is 16.6. The van der Waals surface area contributed by atoms with E-state index >= 15 is 0 Å². The van der Waals surface area contributed by atoms with Crippen molar-refractivity contribution in [1.29, 1.82) is 0 Å². The topological polar surface area (TPSA) is 79.2 Å². The lowest BCUT2D eigenvalue weighted by molar-refractivity contribution is -0.159. The fourth-order valence-electron chi connectivity index (χ4n) is 6.44. The van der Waals surface area contributed by atoms with Crippen LogP contribution >= 0.6 is 0 Å². The van der Waals surface area contributed by atoms with E-state index in [1.807, 2.05) is 18.2 Å². The van der Waals surface area contributed by atoms with E-state index in [1.165, 1.54) is 5.56 Å². The van der Waals surface area contributed by atoms with Gasteiger partial charge in [0, 0.05) is 24.3 Å². The van der Waals surface area contributed by atoms with Crippen molar-refractivity contribution in [3.05, 3.63) is 76.6 Å². The maximum atomic E-state index is 12.8. The number of likely N-dealkylation sites (N-methyl/N-ethyl adjacent to an activating group) is 1. The lowest BCUT2D eigenvalue weighted by Crippen LogP contribution is -2.71. The Morgan fingerprint density at radius 1 is 1.21 bits per heavy atom. The van der Waals surface area contributed by atoms with Crippen molar-refractivity contribution in [3.63, 3.8) is 0 Å². The van der Waals surface area contributed by atoms with Gasteiger partial charge in [-0.1, -0.05) is 36.4 Å². The number of aliphatic hydroxyl groups is 2. The molecule has 0 saturated carbocycles. The van der Waals surface area contributed by atoms with Gasteiger partial charge in [-0.05, 0) is 67.8 Å². The van der Waals surface area contributed by atoms with Crippen molar-refractivity contribution < 1.29 is 24.5 Å². The first-order chi connectivity index (χ1) is 15.8. The molecule has 2 aromatic carbocycles. The second-order valence-corrected chi connectivity index (χ2v) is 9.67. The van der Waals surface area contributed by atoms with Gasteiger partial charge in [0.15, 0.2) is 6.10 Å². The minimum atomic E-state index is -1.35. The summed E-state index contributed by atoms with van der Waals surface area (Å²) in [7, 11) is 3.74. The molecular formula is C27H31NO5. The summed E-state index contributed by atoms with van der Waals surface area (Å²) in [4.78, 5) is 15.0. The van der Waals surface area contributed by atoms with Gasteiger partial charge in [-0.15, -0.1) is 0 Å². The van der Waals surface area contributed by atoms with Gasteiger partial charge in [0.1, 0.15) is 11.5 Å². The first-order valence-corrected chi connectivity index (χ1v) is 11.5. The van der Waals surface area contributed by atoms with Crippen LogP contribution in [0.1, 0.15) is 47.6 Å². The molecule has 6 nitrogen and oxygen atoms in total. The monoisotopic (exact) mass is 449 g/mol. The first-order valence-electron chi connectivity index (χ1n) is 11.5. The number of allylic oxidation sites excluding steroid dienone is 1. The number of fused-ring (bicyclic) bond motifs is 1. The van der Waals surface area contributed by atoms with Crippen molar-refractivity contribution in [2.24, 2.45) is 0 Å². The highest BCUT2D eigenvalue weighted by molar-refractivity contribution is 5.77. The smallest absolute Gasteiger partial charge is 0.344 e. The summed E-state index contributed by atoms with van der Waals surface area (Å²) < 4.78 is 11.4. The zero-order chi connectivity index (χ0) is 23.4. The predicted octanol–water partition coefficient (Wildman–Crippen LogP) is 3.19. The molecule has 6 heteroatoms. The Labute approximate surface area is 194 Å². The molecule has 0 amide bonds. The van der Waals surface area contributed by atoms with Crippen LogP contribution in [-0.2, 0) is 21.4 Å². The molecule has 2 aliphatic carbocycles. The van der Waals surface area contributed by atoms with Crippen LogP contribution in [-0.4, -0.2) is 53.4 Å². The number of hydrogen-bond acceptors (Lipinski definition) is 6. The molecule has 0 unspecified atom stereocenters. The van der Waals surface area contributed by atoms with Crippen LogP contribution < -0.4 is 4.74 Å². The third kappa shape index (κ3) is 3.23. The molecule has 0 radical (unpaired) electrons. The molecule has 5 rings (SSSR count). The van der Waals surface area contributed by atoms with Gasteiger partial charge >= 0.3 is 5.97 Å². The van der Waals surface area contributed by atoms with Crippen LogP contribution in [0.5, 0.6) is 5.75 Å². The zero-order valence-corrected chi connectivity index (χ0v) is 19.4. The van der Waals surface area contributed by atoms with Crippen molar-refractivity contribution in [1.82, 2.24) is 4.90 Å². The van der Waals surface area contributed by atoms with Crippen LogP contribution in [0.15, 0.2) is 54.3 Å². The molecule has 2 N–H and O–H groups in total. The summed E-state index contributed by atoms with van der Waals surface area (Å²) in [5, 5.41) is 22.7. The molecule has 174 valence electrons. The lowest BCUT2D eigenvalue weighted by atomic mass is 9.50. The number of hydrogen-bond donors (Lipinski definition) is 2. The Kier molecular flexibility index (Phi) is 5.35. The number of methoxy groups -OCH3 is 1. The second-order valence-electron chi connectivity index (χ2n) is 9.67. The number of aliphatic hydroxyl groups excluding tert-OH is 1. The van der Waals surface area contributed by atoms with E-state index in [-0.39, 0.29) is 6.04 Å². The standard InChI is InChI=1S/C27H31NO5/c1-17-21(32-3)10-9-19-15-22-27(31)12-11-20(16-26(27,23(17)19)13-14-28(22)2)33-25(30)24(29)18-7-5-4-6-8-18/h4-11,22,24,29,31H,12-16H2,1-3H3/t22-,24-,26-,27-/m1/s1. The number of carbonyl (C=O) groups is 1. The van der Waals surface area contributed by atoms with Gasteiger partial charge in [-0.25, -0.2) is 4.79 Å². The van der Waals surface area contributed by atoms with Crippen molar-refractivity contribution in [2.75, 3.05) is 20.7 Å². The Hall–Kier alpha value is -2.67. The van der Waals surface area contributed by atoms with Crippen molar-refractivity contribution >= 4 is 5.97 Å². The molecule has 2 aromatic rings. The maximum Gasteiger partial charge on any atom is 0.344 e. The summed E-state index contributed by atoms with van der Waals surface area (Å²) in [5.74, 6) is 0.616. The SMILES string of the molecule is COc1ccc2c(c1C)[C@]13CCN(C)[C@H](C2)[C@]1(O)CC=C(OC(=O)[C@H](O)c1ccccc1)C3. The molecule has 33 heavy (non-hydrogen) atoms. The Balaban J connectivity index is 1.53. The van der Waals surface area contributed by atoms with E-state index in [1.54, 1.807) is 31.4 Å². The van der Waals surface area contributed by atoms with E-state index in [0.717, 1.165) is 36.3 Å². The molecule has 4 atom stereocenters. The van der Waals surface area contributed by atoms with Crippen LogP contribution in [0, 0.1) is 6.92 Å². The molecular weight excluding hydrogens is 418 g/mol. The Bertz CT molecular complexity index is 1110. The Morgan fingerprint density at radius 2 is 1.97 bits per heavy atom. The van der Waals surface area contributed by atoms with Gasteiger partial charge in [0.2, 0.25) is 0 Å². The zero-order valence-electron chi connectivity index (χ0n) is 19.4. The minimum Gasteiger partial charge on any atom is -0.496 e. The molecule has 0 spiro atoms. The van der Waals surface area contributed by atoms with Crippen LogP contribution in [0.2, 0.25) is 0 Å². The van der Waals surface area contributed by atoms with Gasteiger partial charge in [0.25, 0.3) is 0 Å². The number of nitrogens with zero attached hydrogens (tertiary/aromatic N) is 1. The van der Waals surface area contributed by atoms with E-state index in [0.29, 0.717) is 24.2 Å². The normalized spacial score (nSPS) is 29.4. The predicted molar refractivity (Wildman–Crippen MR) is 124 cm³/mol. The van der Waals surface area contributed by atoms with E-state index in [9.17, 15) is 15.0 Å². The first kappa shape index (κ1) is 22.1. The molecule has 1 heterocycles. The fraction of sp³-hybridized carbons (Fsp3) is 0.444. The van der Waals surface area contributed by atoms with E-state index in [4.69, 9.17) is 9.47 Å². The Morgan fingerprint density at radius 3 is 2.70 bits per heavy atom. The van der Waals surface area contributed by atoms with Crippen LogP contribution in [0.3, 0.4) is 0 Å². The quantitative estimate of drug-likeness (QED) is 0.698. The van der Waals surface area contributed by atoms with E-state index < -0.39 is 23.1 Å². The summed E-state index contributed by atoms with van der Waals surface area (Å²) in [5.41, 5.74) is 2.31. The van der Waals surface area contributed by atoms with Crippen LogP contribution in [0.25, 0.3) is 0 Å². The summed E-state index contributed by atoms with van der Waals surface area (Å²) >= 11 is 0. The third-order valence-corrected chi connectivity index (χ3v) is 8.10. The summed E-state index contributed by atoms with van der Waals surface area (Å²) in [6.07, 6.45) is 2.79. The number of ether oxygens (including phenoxy) is 2. The number of esters is 1. The molecule has 2 bridgehead atoms. The molecule has 3 aliphatic rings. The number of benzene rings is 2. The van der Waals surface area contributed by atoms with Gasteiger partial charge in [0.05, 0.1) is 12.7 Å². The molecule has 1 fully saturated rings. The van der Waals surface area contributed by atoms with Crippen molar-refractivity contribution in [2.45, 2.75) is 55.8 Å². The number of carbonyl (C=O) groups excluding carboxylic acids is 1. The largest absolute Gasteiger partial charge is 0.496 e. The van der Waals surface area contributed by atoms with Gasteiger partial charge < -0.3 is 24.6 Å². The third-order valence-electron chi connectivity index (χ3n) is 8.10. The number of likely N-dealkylation sites (tertiary alicyclic amines) is 1. The lowest BCUT2D eigenvalue weighted by Gasteiger charge is -2.62. The summed E-state index contributed by atoms with van der Waals surface area (Å²) in [6, 6.07) is 12.9. The molecule has 1 aliphatic heterocycles. The second kappa shape index (κ2) is 7.97. The molecule has 1 saturated heterocycles.